The van der Waals surface area contributed by atoms with Crippen molar-refractivity contribution < 1.29 is 14.6 Å². The number of aliphatic hydroxyl groups is 2. The lowest BCUT2D eigenvalue weighted by Crippen LogP contribution is -2.28. The van der Waals surface area contributed by atoms with Gasteiger partial charge in [-0.25, -0.2) is 14.4 Å². The first-order valence-electron chi connectivity index (χ1n) is 5.50. The Hall–Kier alpha value is -1.51. The lowest BCUT2D eigenvalue weighted by Gasteiger charge is -2.19. The van der Waals surface area contributed by atoms with Crippen molar-refractivity contribution >= 4 is 32.8 Å². The lowest BCUT2D eigenvalue weighted by atomic mass is 10.1. The third kappa shape index (κ3) is 1.75. The van der Waals surface area contributed by atoms with Gasteiger partial charge in [0.2, 0.25) is 0 Å². The third-order valence-electron chi connectivity index (χ3n) is 3.17. The van der Waals surface area contributed by atoms with Crippen LogP contribution in [0.15, 0.2) is 28.9 Å². The number of pyridine rings is 1. The van der Waals surface area contributed by atoms with Gasteiger partial charge in [0.1, 0.15) is 29.6 Å². The molecule has 0 saturated carbocycles. The SMILES string of the molecule is Nc1ncc(Br)c2c1ncn2[C@H]1C(F)=C[C@H](O)[C@@H]1O. The van der Waals surface area contributed by atoms with Crippen molar-refractivity contribution in [1.29, 1.82) is 0 Å². The summed E-state index contributed by atoms with van der Waals surface area (Å²) in [5.74, 6) is -0.393. The largest absolute Gasteiger partial charge is 0.387 e. The van der Waals surface area contributed by atoms with Crippen molar-refractivity contribution in [2.75, 3.05) is 5.73 Å². The number of aromatic nitrogens is 3. The molecular weight excluding hydrogens is 319 g/mol. The molecule has 0 aliphatic heterocycles. The molecule has 0 fully saturated rings. The predicted octanol–water partition coefficient (Wildman–Crippen LogP) is 0.906. The molecule has 0 unspecified atom stereocenters. The number of halogens is 2. The highest BCUT2D eigenvalue weighted by atomic mass is 79.9. The highest BCUT2D eigenvalue weighted by Gasteiger charge is 2.38. The first-order chi connectivity index (χ1) is 9.00. The van der Waals surface area contributed by atoms with Crippen molar-refractivity contribution in [3.8, 4) is 0 Å². The summed E-state index contributed by atoms with van der Waals surface area (Å²) in [7, 11) is 0. The van der Waals surface area contributed by atoms with Gasteiger partial charge in [0, 0.05) is 6.20 Å². The fourth-order valence-electron chi connectivity index (χ4n) is 2.25. The van der Waals surface area contributed by atoms with Crippen LogP contribution in [0.1, 0.15) is 6.04 Å². The van der Waals surface area contributed by atoms with Crippen LogP contribution < -0.4 is 5.73 Å². The number of nitrogens with two attached hydrogens (primary N) is 1. The lowest BCUT2D eigenvalue weighted by molar-refractivity contribution is 0.0339. The van der Waals surface area contributed by atoms with E-state index >= 15 is 0 Å². The number of hydrogen-bond donors (Lipinski definition) is 3. The molecule has 2 aromatic rings. The first-order valence-corrected chi connectivity index (χ1v) is 6.30. The predicted molar refractivity (Wildman–Crippen MR) is 69.9 cm³/mol. The summed E-state index contributed by atoms with van der Waals surface area (Å²) in [5, 5.41) is 19.4. The highest BCUT2D eigenvalue weighted by Crippen LogP contribution is 2.36. The average Bonchev–Trinajstić information content (AvgIpc) is 2.88. The molecule has 0 saturated heterocycles. The molecule has 3 atom stereocenters. The average molecular weight is 329 g/mol. The zero-order valence-electron chi connectivity index (χ0n) is 9.53. The Bertz CT molecular complexity index is 687. The van der Waals surface area contributed by atoms with Crippen molar-refractivity contribution in [2.45, 2.75) is 18.2 Å². The second kappa shape index (κ2) is 4.26. The molecule has 3 rings (SSSR count). The van der Waals surface area contributed by atoms with E-state index < -0.39 is 24.1 Å². The fourth-order valence-corrected chi connectivity index (χ4v) is 2.75. The van der Waals surface area contributed by atoms with E-state index in [0.717, 1.165) is 6.08 Å². The second-order valence-electron chi connectivity index (χ2n) is 4.32. The molecule has 0 bridgehead atoms. The Morgan fingerprint density at radius 2 is 2.11 bits per heavy atom. The zero-order valence-corrected chi connectivity index (χ0v) is 11.1. The minimum atomic E-state index is -1.27. The smallest absolute Gasteiger partial charge is 0.151 e. The van der Waals surface area contributed by atoms with Crippen molar-refractivity contribution in [1.82, 2.24) is 14.5 Å². The van der Waals surface area contributed by atoms with E-state index in [2.05, 4.69) is 25.9 Å². The molecule has 8 heteroatoms. The van der Waals surface area contributed by atoms with Gasteiger partial charge in [-0.15, -0.1) is 0 Å². The van der Waals surface area contributed by atoms with E-state index in [-0.39, 0.29) is 5.82 Å². The molecule has 2 heterocycles. The number of rotatable bonds is 1. The molecule has 1 aliphatic rings. The molecule has 1 aliphatic carbocycles. The standard InChI is InChI=1S/C11H10BrFN4O2/c12-4-2-15-11(14)7-8(4)17(3-16-7)9-5(13)1-6(18)10(9)19/h1-3,6,9-10,18-19H,(H2,14,15)/t6-,9-,10-/m0/s1. The minimum absolute atomic E-state index is 0.217. The van der Waals surface area contributed by atoms with E-state index in [1.807, 2.05) is 0 Å². The Morgan fingerprint density at radius 3 is 2.74 bits per heavy atom. The topological polar surface area (TPSA) is 97.2 Å². The van der Waals surface area contributed by atoms with Gasteiger partial charge < -0.3 is 20.5 Å². The molecule has 19 heavy (non-hydrogen) atoms. The molecular formula is C11H10BrFN4O2. The molecule has 2 aromatic heterocycles. The van der Waals surface area contributed by atoms with Crippen LogP contribution in [0.4, 0.5) is 10.2 Å². The van der Waals surface area contributed by atoms with E-state index in [1.165, 1.54) is 17.1 Å². The third-order valence-corrected chi connectivity index (χ3v) is 3.75. The molecule has 4 N–H and O–H groups in total. The summed E-state index contributed by atoms with van der Waals surface area (Å²) < 4.78 is 15.9. The summed E-state index contributed by atoms with van der Waals surface area (Å²) in [4.78, 5) is 8.01. The van der Waals surface area contributed by atoms with Gasteiger partial charge in [0.05, 0.1) is 16.3 Å². The van der Waals surface area contributed by atoms with Crippen LogP contribution in [0.3, 0.4) is 0 Å². The maximum Gasteiger partial charge on any atom is 0.151 e. The minimum Gasteiger partial charge on any atom is -0.387 e. The van der Waals surface area contributed by atoms with Gasteiger partial charge >= 0.3 is 0 Å². The van der Waals surface area contributed by atoms with Crippen molar-refractivity contribution in [3.63, 3.8) is 0 Å². The summed E-state index contributed by atoms with van der Waals surface area (Å²) in [5.41, 5.74) is 6.64. The summed E-state index contributed by atoms with van der Waals surface area (Å²) >= 11 is 3.30. The van der Waals surface area contributed by atoms with Crippen LogP contribution in [0, 0.1) is 0 Å². The number of imidazole rings is 1. The number of aliphatic hydroxyl groups excluding tert-OH is 2. The second-order valence-corrected chi connectivity index (χ2v) is 5.17. The van der Waals surface area contributed by atoms with E-state index in [1.54, 1.807) is 0 Å². The van der Waals surface area contributed by atoms with Gasteiger partial charge in [-0.1, -0.05) is 0 Å². The normalized spacial score (nSPS) is 26.9. The maximum absolute atomic E-state index is 13.8. The van der Waals surface area contributed by atoms with Crippen LogP contribution in [-0.4, -0.2) is 37.0 Å². The number of anilines is 1. The number of fused-ring (bicyclic) bond motifs is 1. The Kier molecular flexibility index (Phi) is 2.80. The highest BCUT2D eigenvalue weighted by molar-refractivity contribution is 9.10. The number of nitrogen functional groups attached to an aromatic ring is 1. The van der Waals surface area contributed by atoms with Crippen LogP contribution in [-0.2, 0) is 0 Å². The Morgan fingerprint density at radius 1 is 1.37 bits per heavy atom. The van der Waals surface area contributed by atoms with Crippen LogP contribution in [0.25, 0.3) is 11.0 Å². The summed E-state index contributed by atoms with van der Waals surface area (Å²) in [6.07, 6.45) is 1.33. The fraction of sp³-hybridized carbons (Fsp3) is 0.273. The summed E-state index contributed by atoms with van der Waals surface area (Å²) in [6.45, 7) is 0. The van der Waals surface area contributed by atoms with Gasteiger partial charge in [0.15, 0.2) is 5.82 Å². The molecule has 100 valence electrons. The van der Waals surface area contributed by atoms with Gasteiger partial charge in [0.25, 0.3) is 0 Å². The summed E-state index contributed by atoms with van der Waals surface area (Å²) in [6, 6.07) is -1.02. The molecule has 0 aromatic carbocycles. The van der Waals surface area contributed by atoms with Crippen LogP contribution in [0.5, 0.6) is 0 Å². The molecule has 6 nitrogen and oxygen atoms in total. The van der Waals surface area contributed by atoms with E-state index in [9.17, 15) is 14.6 Å². The Labute approximate surface area is 115 Å². The van der Waals surface area contributed by atoms with E-state index in [4.69, 9.17) is 5.73 Å². The van der Waals surface area contributed by atoms with Gasteiger partial charge in [-0.2, -0.15) is 0 Å². The number of hydrogen-bond acceptors (Lipinski definition) is 5. The quantitative estimate of drug-likeness (QED) is 0.722. The molecule has 0 radical (unpaired) electrons. The van der Waals surface area contributed by atoms with Gasteiger partial charge in [-0.3, -0.25) is 0 Å². The van der Waals surface area contributed by atoms with Crippen molar-refractivity contribution in [3.05, 3.63) is 28.9 Å². The van der Waals surface area contributed by atoms with Crippen molar-refractivity contribution in [2.24, 2.45) is 0 Å². The first kappa shape index (κ1) is 12.5. The van der Waals surface area contributed by atoms with E-state index in [0.29, 0.717) is 15.5 Å². The van der Waals surface area contributed by atoms with Crippen LogP contribution in [0.2, 0.25) is 0 Å². The van der Waals surface area contributed by atoms with Gasteiger partial charge in [-0.05, 0) is 22.0 Å². The maximum atomic E-state index is 13.8. The zero-order chi connectivity index (χ0) is 13.7. The number of nitrogens with zero attached hydrogens (tertiary/aromatic N) is 3. The molecule has 0 amide bonds. The monoisotopic (exact) mass is 328 g/mol. The molecule has 0 spiro atoms. The van der Waals surface area contributed by atoms with Crippen LogP contribution >= 0.6 is 15.9 Å². The Balaban J connectivity index is 2.22.